The van der Waals surface area contributed by atoms with Crippen LogP contribution in [-0.4, -0.2) is 28.0 Å². The lowest BCUT2D eigenvalue weighted by atomic mass is 10.2. The van der Waals surface area contributed by atoms with Crippen molar-refractivity contribution in [1.29, 1.82) is 0 Å². The number of hydrogen-bond donors (Lipinski definition) is 0. The lowest BCUT2D eigenvalue weighted by Crippen LogP contribution is -2.19. The quantitative estimate of drug-likeness (QED) is 0.555. The Morgan fingerprint density at radius 3 is 2.65 bits per heavy atom. The summed E-state index contributed by atoms with van der Waals surface area (Å²) in [7, 11) is 1.49. The number of aromatic nitrogens is 2. The minimum Gasteiger partial charge on any atom is -0.474 e. The molecule has 1 unspecified atom stereocenters. The molecule has 0 aliphatic carbocycles. The second-order valence-corrected chi connectivity index (χ2v) is 5.56. The number of alkyl halides is 3. The summed E-state index contributed by atoms with van der Waals surface area (Å²) in [6.07, 6.45) is -3.99. The van der Waals surface area contributed by atoms with Gasteiger partial charge in [0.2, 0.25) is 11.8 Å². The molecule has 2 rings (SSSR count). The van der Waals surface area contributed by atoms with Gasteiger partial charge in [0, 0.05) is 25.4 Å². The van der Waals surface area contributed by atoms with E-state index in [9.17, 15) is 23.3 Å². The third-order valence-corrected chi connectivity index (χ3v) is 3.66. The standard InChI is InChI=1S/C16H17F3N4O3/c1-4-10(2)26-14-13(16(17,18)19)9-20-15(21-14)22(3)11-6-5-7-12(8-11)23(24)25/h5-10H,4H2,1-3H3. The maximum absolute atomic E-state index is 13.2. The predicted octanol–water partition coefficient (Wildman–Crippen LogP) is 4.35. The van der Waals surface area contributed by atoms with Crippen molar-refractivity contribution >= 4 is 17.3 Å². The first-order valence-corrected chi connectivity index (χ1v) is 7.72. The van der Waals surface area contributed by atoms with Gasteiger partial charge in [-0.2, -0.15) is 18.2 Å². The summed E-state index contributed by atoms with van der Waals surface area (Å²) in [6, 6.07) is 5.60. The number of benzene rings is 1. The van der Waals surface area contributed by atoms with Crippen LogP contribution in [0, 0.1) is 10.1 Å². The number of hydrogen-bond acceptors (Lipinski definition) is 6. The van der Waals surface area contributed by atoms with Crippen LogP contribution in [0.15, 0.2) is 30.5 Å². The van der Waals surface area contributed by atoms with E-state index in [0.29, 0.717) is 18.3 Å². The smallest absolute Gasteiger partial charge is 0.423 e. The summed E-state index contributed by atoms with van der Waals surface area (Å²) in [5, 5.41) is 10.9. The summed E-state index contributed by atoms with van der Waals surface area (Å²) in [5.74, 6) is -0.647. The molecule has 0 aliphatic rings. The first-order chi connectivity index (χ1) is 12.1. The molecule has 1 heterocycles. The first-order valence-electron chi connectivity index (χ1n) is 7.72. The van der Waals surface area contributed by atoms with Crippen molar-refractivity contribution in [2.45, 2.75) is 32.5 Å². The van der Waals surface area contributed by atoms with Crippen molar-refractivity contribution in [2.24, 2.45) is 0 Å². The molecule has 0 bridgehead atoms. The van der Waals surface area contributed by atoms with Crippen LogP contribution in [0.5, 0.6) is 5.88 Å². The van der Waals surface area contributed by atoms with Gasteiger partial charge in [0.1, 0.15) is 5.56 Å². The van der Waals surface area contributed by atoms with Gasteiger partial charge in [-0.25, -0.2) is 4.98 Å². The highest BCUT2D eigenvalue weighted by atomic mass is 19.4. The third kappa shape index (κ3) is 4.38. The van der Waals surface area contributed by atoms with Gasteiger partial charge >= 0.3 is 6.18 Å². The molecule has 7 nitrogen and oxygen atoms in total. The normalized spacial score (nSPS) is 12.5. The molecule has 0 N–H and O–H groups in total. The summed E-state index contributed by atoms with van der Waals surface area (Å²) in [6.45, 7) is 3.40. The van der Waals surface area contributed by atoms with Gasteiger partial charge < -0.3 is 9.64 Å². The molecule has 0 saturated heterocycles. The Kier molecular flexibility index (Phi) is 5.63. The van der Waals surface area contributed by atoms with E-state index >= 15 is 0 Å². The molecular weight excluding hydrogens is 353 g/mol. The first kappa shape index (κ1) is 19.4. The van der Waals surface area contributed by atoms with Crippen LogP contribution in [0.25, 0.3) is 0 Å². The van der Waals surface area contributed by atoms with Crippen molar-refractivity contribution in [3.05, 3.63) is 46.1 Å². The fraction of sp³-hybridized carbons (Fsp3) is 0.375. The monoisotopic (exact) mass is 370 g/mol. The number of nitrogens with zero attached hydrogens (tertiary/aromatic N) is 4. The summed E-state index contributed by atoms with van der Waals surface area (Å²) in [4.78, 5) is 19.3. The van der Waals surface area contributed by atoms with E-state index in [1.54, 1.807) is 19.9 Å². The highest BCUT2D eigenvalue weighted by molar-refractivity contribution is 5.60. The number of anilines is 2. The van der Waals surface area contributed by atoms with Crippen LogP contribution in [-0.2, 0) is 6.18 Å². The van der Waals surface area contributed by atoms with E-state index in [1.807, 2.05) is 0 Å². The van der Waals surface area contributed by atoms with Gasteiger partial charge in [0.25, 0.3) is 5.69 Å². The van der Waals surface area contributed by atoms with Gasteiger partial charge in [-0.05, 0) is 19.4 Å². The molecule has 140 valence electrons. The molecule has 0 radical (unpaired) electrons. The fourth-order valence-corrected chi connectivity index (χ4v) is 2.01. The molecule has 0 aliphatic heterocycles. The van der Waals surface area contributed by atoms with E-state index in [0.717, 1.165) is 0 Å². The Balaban J connectivity index is 2.44. The molecule has 2 aromatic rings. The number of rotatable bonds is 6. The minimum atomic E-state index is -4.66. The average molecular weight is 370 g/mol. The summed E-state index contributed by atoms with van der Waals surface area (Å²) >= 11 is 0. The molecule has 1 aromatic heterocycles. The zero-order valence-electron chi connectivity index (χ0n) is 14.3. The van der Waals surface area contributed by atoms with Crippen LogP contribution >= 0.6 is 0 Å². The van der Waals surface area contributed by atoms with Gasteiger partial charge in [-0.15, -0.1) is 0 Å². The molecule has 0 spiro atoms. The molecule has 26 heavy (non-hydrogen) atoms. The van der Waals surface area contributed by atoms with E-state index in [2.05, 4.69) is 9.97 Å². The number of non-ortho nitro benzene ring substituents is 1. The van der Waals surface area contributed by atoms with Crippen molar-refractivity contribution in [1.82, 2.24) is 9.97 Å². The lowest BCUT2D eigenvalue weighted by Gasteiger charge is -2.21. The third-order valence-electron chi connectivity index (χ3n) is 3.66. The van der Waals surface area contributed by atoms with Crippen LogP contribution in [0.4, 0.5) is 30.5 Å². The molecule has 1 aromatic carbocycles. The van der Waals surface area contributed by atoms with E-state index in [-0.39, 0.29) is 11.6 Å². The van der Waals surface area contributed by atoms with Gasteiger partial charge in [-0.1, -0.05) is 13.0 Å². The Morgan fingerprint density at radius 2 is 2.08 bits per heavy atom. The molecular formula is C16H17F3N4O3. The van der Waals surface area contributed by atoms with E-state index < -0.39 is 28.6 Å². The van der Waals surface area contributed by atoms with Crippen LogP contribution < -0.4 is 9.64 Å². The van der Waals surface area contributed by atoms with Crippen molar-refractivity contribution in [3.8, 4) is 5.88 Å². The zero-order chi connectivity index (χ0) is 19.5. The van der Waals surface area contributed by atoms with E-state index in [4.69, 9.17) is 4.74 Å². The van der Waals surface area contributed by atoms with Crippen molar-refractivity contribution < 1.29 is 22.8 Å². The molecule has 1 atom stereocenters. The Morgan fingerprint density at radius 1 is 1.38 bits per heavy atom. The number of nitro benzene ring substituents is 1. The maximum Gasteiger partial charge on any atom is 0.423 e. The van der Waals surface area contributed by atoms with Crippen LogP contribution in [0.3, 0.4) is 0 Å². The topological polar surface area (TPSA) is 81.4 Å². The van der Waals surface area contributed by atoms with Gasteiger partial charge in [0.15, 0.2) is 0 Å². The number of nitro groups is 1. The van der Waals surface area contributed by atoms with E-state index in [1.165, 1.54) is 30.1 Å². The fourth-order valence-electron chi connectivity index (χ4n) is 2.01. The SMILES string of the molecule is CCC(C)Oc1nc(N(C)c2cccc([N+](=O)[O-])c2)ncc1C(F)(F)F. The van der Waals surface area contributed by atoms with Crippen molar-refractivity contribution in [3.63, 3.8) is 0 Å². The number of ether oxygens (including phenoxy) is 1. The molecule has 10 heteroatoms. The average Bonchev–Trinajstić information content (AvgIpc) is 2.60. The van der Waals surface area contributed by atoms with Gasteiger partial charge in [0.05, 0.1) is 16.7 Å². The van der Waals surface area contributed by atoms with Gasteiger partial charge in [-0.3, -0.25) is 10.1 Å². The largest absolute Gasteiger partial charge is 0.474 e. The highest BCUT2D eigenvalue weighted by Gasteiger charge is 2.37. The molecule has 0 saturated carbocycles. The van der Waals surface area contributed by atoms with Crippen LogP contribution in [0.1, 0.15) is 25.8 Å². The summed E-state index contributed by atoms with van der Waals surface area (Å²) in [5.41, 5.74) is -0.875. The highest BCUT2D eigenvalue weighted by Crippen LogP contribution is 2.36. The molecule has 0 fully saturated rings. The second kappa shape index (κ2) is 7.54. The number of halogens is 3. The summed E-state index contributed by atoms with van der Waals surface area (Å²) < 4.78 is 44.8. The lowest BCUT2D eigenvalue weighted by molar-refractivity contribution is -0.384. The Bertz CT molecular complexity index is 799. The Hall–Kier alpha value is -2.91. The molecule has 0 amide bonds. The second-order valence-electron chi connectivity index (χ2n) is 5.56. The predicted molar refractivity (Wildman–Crippen MR) is 88.6 cm³/mol. The van der Waals surface area contributed by atoms with Crippen molar-refractivity contribution in [2.75, 3.05) is 11.9 Å². The van der Waals surface area contributed by atoms with Crippen LogP contribution in [0.2, 0.25) is 0 Å². The minimum absolute atomic E-state index is 0.0724. The maximum atomic E-state index is 13.2. The zero-order valence-corrected chi connectivity index (χ0v) is 14.3. The Labute approximate surface area is 147 Å².